The SMILES string of the molecule is COC(=O)C(NC1CC1)c1ccc(O)c(Cl)c1. The van der Waals surface area contributed by atoms with E-state index in [9.17, 15) is 9.90 Å². The predicted octanol–water partition coefficient (Wildman–Crippen LogP) is 2.01. The summed E-state index contributed by atoms with van der Waals surface area (Å²) in [5, 5.41) is 12.8. The monoisotopic (exact) mass is 255 g/mol. The molecule has 1 aromatic carbocycles. The Bertz CT molecular complexity index is 432. The van der Waals surface area contributed by atoms with E-state index >= 15 is 0 Å². The maximum Gasteiger partial charge on any atom is 0.327 e. The minimum Gasteiger partial charge on any atom is -0.506 e. The van der Waals surface area contributed by atoms with Crippen molar-refractivity contribution in [2.45, 2.75) is 24.9 Å². The Balaban J connectivity index is 2.23. The van der Waals surface area contributed by atoms with Gasteiger partial charge in [-0.25, -0.2) is 4.79 Å². The topological polar surface area (TPSA) is 58.6 Å². The first-order chi connectivity index (χ1) is 8.11. The van der Waals surface area contributed by atoms with Gasteiger partial charge in [-0.15, -0.1) is 0 Å². The van der Waals surface area contributed by atoms with Crippen molar-refractivity contribution in [3.8, 4) is 5.75 Å². The van der Waals surface area contributed by atoms with Crippen LogP contribution in [-0.4, -0.2) is 24.2 Å². The molecule has 17 heavy (non-hydrogen) atoms. The number of esters is 1. The molecule has 5 heteroatoms. The minimum atomic E-state index is -0.523. The number of methoxy groups -OCH3 is 1. The Kier molecular flexibility index (Phi) is 3.54. The second kappa shape index (κ2) is 4.94. The number of aromatic hydroxyl groups is 1. The van der Waals surface area contributed by atoms with Crippen molar-refractivity contribution >= 4 is 17.6 Å². The number of hydrogen-bond acceptors (Lipinski definition) is 4. The Morgan fingerprint density at radius 3 is 2.82 bits per heavy atom. The Labute approximate surface area is 105 Å². The number of benzene rings is 1. The summed E-state index contributed by atoms with van der Waals surface area (Å²) < 4.78 is 4.76. The Morgan fingerprint density at radius 1 is 1.59 bits per heavy atom. The molecule has 1 atom stereocenters. The highest BCUT2D eigenvalue weighted by Crippen LogP contribution is 2.29. The highest BCUT2D eigenvalue weighted by molar-refractivity contribution is 6.32. The average Bonchev–Trinajstić information content (AvgIpc) is 3.13. The number of phenols is 1. The fourth-order valence-corrected chi connectivity index (χ4v) is 1.80. The van der Waals surface area contributed by atoms with Gasteiger partial charge in [-0.3, -0.25) is 5.32 Å². The summed E-state index contributed by atoms with van der Waals surface area (Å²) in [5.74, 6) is -0.343. The largest absolute Gasteiger partial charge is 0.506 e. The summed E-state index contributed by atoms with van der Waals surface area (Å²) in [4.78, 5) is 11.7. The molecule has 4 nitrogen and oxygen atoms in total. The van der Waals surface area contributed by atoms with Crippen molar-refractivity contribution in [2.75, 3.05) is 7.11 Å². The molecule has 1 aromatic rings. The van der Waals surface area contributed by atoms with E-state index in [2.05, 4.69) is 5.32 Å². The van der Waals surface area contributed by atoms with Crippen LogP contribution < -0.4 is 5.32 Å². The maximum atomic E-state index is 11.7. The molecule has 1 fully saturated rings. The third kappa shape index (κ3) is 2.90. The molecule has 0 aromatic heterocycles. The zero-order valence-electron chi connectivity index (χ0n) is 9.44. The molecular formula is C12H14ClNO3. The van der Waals surface area contributed by atoms with Crippen molar-refractivity contribution in [1.82, 2.24) is 5.32 Å². The van der Waals surface area contributed by atoms with E-state index in [1.807, 2.05) is 0 Å². The van der Waals surface area contributed by atoms with Gasteiger partial charge in [0.15, 0.2) is 0 Å². The van der Waals surface area contributed by atoms with Crippen molar-refractivity contribution in [3.63, 3.8) is 0 Å². The average molecular weight is 256 g/mol. The van der Waals surface area contributed by atoms with Gasteiger partial charge in [-0.1, -0.05) is 17.7 Å². The third-order valence-electron chi connectivity index (χ3n) is 2.72. The Hall–Kier alpha value is -1.26. The van der Waals surface area contributed by atoms with Crippen LogP contribution in [0.4, 0.5) is 0 Å². The van der Waals surface area contributed by atoms with Crippen LogP contribution in [-0.2, 0) is 9.53 Å². The number of hydrogen-bond donors (Lipinski definition) is 2. The molecule has 1 saturated carbocycles. The second-order valence-corrected chi connectivity index (χ2v) is 4.52. The van der Waals surface area contributed by atoms with Crippen LogP contribution >= 0.6 is 11.6 Å². The molecule has 0 radical (unpaired) electrons. The number of phenolic OH excluding ortho intramolecular Hbond substituents is 1. The predicted molar refractivity (Wildman–Crippen MR) is 64.0 cm³/mol. The number of halogens is 1. The molecule has 92 valence electrons. The summed E-state index contributed by atoms with van der Waals surface area (Å²) in [7, 11) is 1.35. The highest BCUT2D eigenvalue weighted by atomic mass is 35.5. The van der Waals surface area contributed by atoms with Crippen LogP contribution in [0.25, 0.3) is 0 Å². The first kappa shape index (κ1) is 12.2. The van der Waals surface area contributed by atoms with Gasteiger partial charge in [0.25, 0.3) is 0 Å². The normalized spacial score (nSPS) is 16.6. The highest BCUT2D eigenvalue weighted by Gasteiger charge is 2.30. The van der Waals surface area contributed by atoms with Gasteiger partial charge in [0.05, 0.1) is 12.1 Å². The van der Waals surface area contributed by atoms with Crippen molar-refractivity contribution in [3.05, 3.63) is 28.8 Å². The van der Waals surface area contributed by atoms with E-state index in [-0.39, 0.29) is 16.7 Å². The van der Waals surface area contributed by atoms with E-state index in [1.165, 1.54) is 13.2 Å². The lowest BCUT2D eigenvalue weighted by Crippen LogP contribution is -2.31. The van der Waals surface area contributed by atoms with Gasteiger partial charge in [0, 0.05) is 6.04 Å². The molecule has 0 saturated heterocycles. The zero-order chi connectivity index (χ0) is 12.4. The first-order valence-electron chi connectivity index (χ1n) is 5.44. The standard InChI is InChI=1S/C12H14ClNO3/c1-17-12(16)11(14-8-3-4-8)7-2-5-10(15)9(13)6-7/h2,5-6,8,11,14-15H,3-4H2,1H3. The minimum absolute atomic E-state index is 0.00505. The van der Waals surface area contributed by atoms with E-state index in [0.717, 1.165) is 12.8 Å². The molecule has 1 unspecified atom stereocenters. The van der Waals surface area contributed by atoms with Gasteiger partial charge in [-0.2, -0.15) is 0 Å². The lowest BCUT2D eigenvalue weighted by molar-refractivity contribution is -0.143. The van der Waals surface area contributed by atoms with Crippen LogP contribution in [0.3, 0.4) is 0 Å². The van der Waals surface area contributed by atoms with Crippen LogP contribution in [0.15, 0.2) is 18.2 Å². The van der Waals surface area contributed by atoms with Gasteiger partial charge in [-0.05, 0) is 30.5 Å². The molecule has 1 aliphatic carbocycles. The number of ether oxygens (including phenoxy) is 1. The molecule has 0 aliphatic heterocycles. The van der Waals surface area contributed by atoms with Crippen LogP contribution in [0.1, 0.15) is 24.4 Å². The summed E-state index contributed by atoms with van der Waals surface area (Å²) in [6, 6.07) is 4.56. The maximum absolute atomic E-state index is 11.7. The lowest BCUT2D eigenvalue weighted by Gasteiger charge is -2.16. The quantitative estimate of drug-likeness (QED) is 0.808. The fraction of sp³-hybridized carbons (Fsp3) is 0.417. The molecule has 2 rings (SSSR count). The zero-order valence-corrected chi connectivity index (χ0v) is 10.2. The van der Waals surface area contributed by atoms with Crippen LogP contribution in [0.5, 0.6) is 5.75 Å². The fourth-order valence-electron chi connectivity index (χ4n) is 1.61. The van der Waals surface area contributed by atoms with Crippen molar-refractivity contribution in [2.24, 2.45) is 0 Å². The van der Waals surface area contributed by atoms with Crippen LogP contribution in [0.2, 0.25) is 5.02 Å². The van der Waals surface area contributed by atoms with Crippen LogP contribution in [0, 0.1) is 0 Å². The van der Waals surface area contributed by atoms with E-state index in [4.69, 9.17) is 16.3 Å². The Morgan fingerprint density at radius 2 is 2.29 bits per heavy atom. The lowest BCUT2D eigenvalue weighted by atomic mass is 10.1. The smallest absolute Gasteiger partial charge is 0.327 e. The summed E-state index contributed by atoms with van der Waals surface area (Å²) >= 11 is 5.83. The van der Waals surface area contributed by atoms with E-state index < -0.39 is 6.04 Å². The van der Waals surface area contributed by atoms with Gasteiger partial charge < -0.3 is 9.84 Å². The number of nitrogens with one attached hydrogen (secondary N) is 1. The van der Waals surface area contributed by atoms with Crippen molar-refractivity contribution < 1.29 is 14.6 Å². The molecule has 0 bridgehead atoms. The van der Waals surface area contributed by atoms with Crippen molar-refractivity contribution in [1.29, 1.82) is 0 Å². The van der Waals surface area contributed by atoms with Gasteiger partial charge in [0.2, 0.25) is 0 Å². The molecule has 0 spiro atoms. The van der Waals surface area contributed by atoms with E-state index in [1.54, 1.807) is 12.1 Å². The number of carbonyl (C=O) groups is 1. The second-order valence-electron chi connectivity index (χ2n) is 4.11. The number of carbonyl (C=O) groups excluding carboxylic acids is 1. The summed E-state index contributed by atoms with van der Waals surface area (Å²) in [5.41, 5.74) is 0.701. The number of rotatable bonds is 4. The molecule has 0 amide bonds. The van der Waals surface area contributed by atoms with E-state index in [0.29, 0.717) is 11.6 Å². The molecule has 0 heterocycles. The first-order valence-corrected chi connectivity index (χ1v) is 5.82. The third-order valence-corrected chi connectivity index (χ3v) is 3.02. The summed E-state index contributed by atoms with van der Waals surface area (Å²) in [6.07, 6.45) is 2.14. The van der Waals surface area contributed by atoms with Gasteiger partial charge >= 0.3 is 5.97 Å². The van der Waals surface area contributed by atoms with Gasteiger partial charge in [0.1, 0.15) is 11.8 Å². The molecular weight excluding hydrogens is 242 g/mol. The molecule has 2 N–H and O–H groups in total. The molecule has 1 aliphatic rings. The summed E-state index contributed by atoms with van der Waals surface area (Å²) in [6.45, 7) is 0.